The van der Waals surface area contributed by atoms with Crippen LogP contribution in [0.25, 0.3) is 16.9 Å². The standard InChI is InChI=1S/C29H35FN8OS/c1-3-23-28(36(2)29-34-24(18-40-29)19-4-6-21(30)7-5-19)38-25(33-23)8-9-26(35-38)37-16-12-22(13-17-37)32-27(39)20-10-14-31-15-11-20/h4-9,18,20,22,31H,3,10-17H2,1-2H3,(H,32,39). The SMILES string of the molecule is CCc1nc2ccc(N3CCC(NC(=O)C4CCNCC4)CC3)nn2c1N(C)c1nc(-c2ccc(F)cc2)cs1. The summed E-state index contributed by atoms with van der Waals surface area (Å²) in [5, 5.41) is 14.5. The van der Waals surface area contributed by atoms with E-state index >= 15 is 0 Å². The molecule has 210 valence electrons. The first-order valence-electron chi connectivity index (χ1n) is 14.1. The molecule has 5 heterocycles. The molecule has 0 atom stereocenters. The van der Waals surface area contributed by atoms with Crippen LogP contribution in [0.5, 0.6) is 0 Å². The fourth-order valence-electron chi connectivity index (χ4n) is 5.62. The number of aromatic nitrogens is 4. The summed E-state index contributed by atoms with van der Waals surface area (Å²) in [5.74, 6) is 1.88. The summed E-state index contributed by atoms with van der Waals surface area (Å²) < 4.78 is 15.3. The number of carbonyl (C=O) groups is 1. The van der Waals surface area contributed by atoms with Crippen LogP contribution in [0, 0.1) is 11.7 Å². The number of amides is 1. The second kappa shape index (κ2) is 11.5. The lowest BCUT2D eigenvalue weighted by molar-refractivity contribution is -0.126. The van der Waals surface area contributed by atoms with Crippen molar-refractivity contribution in [3.05, 3.63) is 53.3 Å². The molecule has 0 radical (unpaired) electrons. The van der Waals surface area contributed by atoms with E-state index in [1.54, 1.807) is 12.1 Å². The fourth-order valence-corrected chi connectivity index (χ4v) is 6.42. The van der Waals surface area contributed by atoms with Crippen LogP contribution in [0.3, 0.4) is 0 Å². The highest BCUT2D eigenvalue weighted by atomic mass is 32.1. The second-order valence-electron chi connectivity index (χ2n) is 10.6. The van der Waals surface area contributed by atoms with E-state index in [-0.39, 0.29) is 23.7 Å². The average Bonchev–Trinajstić information content (AvgIpc) is 3.63. The van der Waals surface area contributed by atoms with Crippen molar-refractivity contribution < 1.29 is 9.18 Å². The smallest absolute Gasteiger partial charge is 0.223 e. The molecule has 0 spiro atoms. The fraction of sp³-hybridized carbons (Fsp3) is 0.448. The molecule has 11 heteroatoms. The predicted molar refractivity (Wildman–Crippen MR) is 157 cm³/mol. The zero-order valence-electron chi connectivity index (χ0n) is 22.9. The van der Waals surface area contributed by atoms with E-state index in [9.17, 15) is 9.18 Å². The number of nitrogens with one attached hydrogen (secondary N) is 2. The van der Waals surface area contributed by atoms with Gasteiger partial charge in [0.05, 0.1) is 11.4 Å². The normalized spacial score (nSPS) is 16.9. The lowest BCUT2D eigenvalue weighted by Gasteiger charge is -2.34. The average molecular weight is 563 g/mol. The predicted octanol–water partition coefficient (Wildman–Crippen LogP) is 4.41. The molecule has 1 amide bonds. The number of piperidine rings is 2. The van der Waals surface area contributed by atoms with Gasteiger partial charge in [0.15, 0.2) is 16.6 Å². The summed E-state index contributed by atoms with van der Waals surface area (Å²) >= 11 is 1.53. The number of hydrogen-bond acceptors (Lipinski definition) is 8. The molecule has 9 nitrogen and oxygen atoms in total. The largest absolute Gasteiger partial charge is 0.355 e. The third-order valence-electron chi connectivity index (χ3n) is 7.96. The Bertz CT molecular complexity index is 1470. The van der Waals surface area contributed by atoms with Crippen molar-refractivity contribution >= 4 is 39.7 Å². The number of benzene rings is 1. The number of fused-ring (bicyclic) bond motifs is 1. The molecule has 2 aliphatic heterocycles. The van der Waals surface area contributed by atoms with Crippen LogP contribution in [0.2, 0.25) is 0 Å². The number of carbonyl (C=O) groups excluding carboxylic acids is 1. The van der Waals surface area contributed by atoms with E-state index < -0.39 is 0 Å². The number of hydrogen-bond donors (Lipinski definition) is 2. The van der Waals surface area contributed by atoms with Gasteiger partial charge >= 0.3 is 0 Å². The van der Waals surface area contributed by atoms with Gasteiger partial charge in [-0.3, -0.25) is 4.79 Å². The monoisotopic (exact) mass is 562 g/mol. The Hall–Kier alpha value is -3.57. The quantitative estimate of drug-likeness (QED) is 0.345. The number of nitrogens with zero attached hydrogens (tertiary/aromatic N) is 6. The topological polar surface area (TPSA) is 90.7 Å². The zero-order valence-corrected chi connectivity index (χ0v) is 23.8. The molecular formula is C29H35FN8OS. The first kappa shape index (κ1) is 26.6. The molecule has 0 aliphatic carbocycles. The summed E-state index contributed by atoms with van der Waals surface area (Å²) in [6.07, 6.45) is 4.41. The Morgan fingerprint density at radius 1 is 1.10 bits per heavy atom. The van der Waals surface area contributed by atoms with Crippen LogP contribution in [-0.2, 0) is 11.2 Å². The van der Waals surface area contributed by atoms with Crippen molar-refractivity contribution in [3.63, 3.8) is 0 Å². The molecule has 4 aromatic rings. The van der Waals surface area contributed by atoms with Gasteiger partial charge in [0.25, 0.3) is 0 Å². The molecule has 2 fully saturated rings. The van der Waals surface area contributed by atoms with Crippen molar-refractivity contribution in [2.24, 2.45) is 5.92 Å². The van der Waals surface area contributed by atoms with Crippen LogP contribution < -0.4 is 20.4 Å². The molecule has 2 saturated heterocycles. The van der Waals surface area contributed by atoms with Crippen molar-refractivity contribution in [2.45, 2.75) is 45.1 Å². The van der Waals surface area contributed by atoms with Crippen LogP contribution >= 0.6 is 11.3 Å². The number of imidazole rings is 1. The highest BCUT2D eigenvalue weighted by Crippen LogP contribution is 2.34. The van der Waals surface area contributed by atoms with E-state index in [4.69, 9.17) is 15.1 Å². The number of thiazole rings is 1. The lowest BCUT2D eigenvalue weighted by Crippen LogP contribution is -2.48. The van der Waals surface area contributed by atoms with Gasteiger partial charge in [0.1, 0.15) is 11.6 Å². The number of rotatable bonds is 7. The van der Waals surface area contributed by atoms with E-state index in [0.29, 0.717) is 0 Å². The van der Waals surface area contributed by atoms with E-state index in [0.717, 1.165) is 97.6 Å². The van der Waals surface area contributed by atoms with Crippen LogP contribution in [-0.4, -0.2) is 64.8 Å². The van der Waals surface area contributed by atoms with Gasteiger partial charge in [-0.1, -0.05) is 6.92 Å². The Morgan fingerprint density at radius 3 is 2.58 bits per heavy atom. The van der Waals surface area contributed by atoms with E-state index in [2.05, 4.69) is 22.5 Å². The number of anilines is 3. The van der Waals surface area contributed by atoms with E-state index in [1.807, 2.05) is 34.0 Å². The van der Waals surface area contributed by atoms with Gasteiger partial charge in [-0.2, -0.15) is 4.52 Å². The summed E-state index contributed by atoms with van der Waals surface area (Å²) in [7, 11) is 1.99. The Labute approximate surface area is 237 Å². The second-order valence-corrected chi connectivity index (χ2v) is 11.4. The van der Waals surface area contributed by atoms with E-state index in [1.165, 1.54) is 23.5 Å². The minimum absolute atomic E-state index is 0.136. The maximum absolute atomic E-state index is 13.4. The molecule has 0 saturated carbocycles. The third kappa shape index (κ3) is 5.40. The van der Waals surface area contributed by atoms with Gasteiger partial charge in [0, 0.05) is 43.0 Å². The molecular weight excluding hydrogens is 527 g/mol. The summed E-state index contributed by atoms with van der Waals surface area (Å²) in [4.78, 5) is 26.7. The molecule has 0 bridgehead atoms. The number of aryl methyl sites for hydroxylation is 1. The van der Waals surface area contributed by atoms with Crippen LogP contribution in [0.15, 0.2) is 41.8 Å². The van der Waals surface area contributed by atoms with Gasteiger partial charge in [-0.05, 0) is 81.6 Å². The maximum atomic E-state index is 13.4. The molecule has 0 unspecified atom stereocenters. The summed E-state index contributed by atoms with van der Waals surface area (Å²) in [6, 6.07) is 10.7. The molecule has 1 aromatic carbocycles. The van der Waals surface area contributed by atoms with Gasteiger partial charge in [-0.15, -0.1) is 16.4 Å². The third-order valence-corrected chi connectivity index (χ3v) is 8.87. The van der Waals surface area contributed by atoms with Gasteiger partial charge in [0.2, 0.25) is 5.91 Å². The Kier molecular flexibility index (Phi) is 7.66. The first-order chi connectivity index (χ1) is 19.5. The Morgan fingerprint density at radius 2 is 1.85 bits per heavy atom. The number of halogens is 1. The maximum Gasteiger partial charge on any atom is 0.223 e. The van der Waals surface area contributed by atoms with Crippen LogP contribution in [0.4, 0.5) is 21.2 Å². The Balaban J connectivity index is 1.19. The molecule has 3 aromatic heterocycles. The van der Waals surface area contributed by atoms with Crippen molar-refractivity contribution in [2.75, 3.05) is 43.0 Å². The van der Waals surface area contributed by atoms with Crippen LogP contribution in [0.1, 0.15) is 38.3 Å². The van der Waals surface area contributed by atoms with Crippen molar-refractivity contribution in [1.29, 1.82) is 0 Å². The highest BCUT2D eigenvalue weighted by molar-refractivity contribution is 7.14. The summed E-state index contributed by atoms with van der Waals surface area (Å²) in [6.45, 7) is 5.61. The summed E-state index contributed by atoms with van der Waals surface area (Å²) in [5.41, 5.74) is 3.43. The van der Waals surface area contributed by atoms with Gasteiger partial charge in [-0.25, -0.2) is 14.4 Å². The van der Waals surface area contributed by atoms with Crippen molar-refractivity contribution in [1.82, 2.24) is 30.2 Å². The van der Waals surface area contributed by atoms with Gasteiger partial charge < -0.3 is 20.4 Å². The zero-order chi connectivity index (χ0) is 27.6. The molecule has 40 heavy (non-hydrogen) atoms. The lowest BCUT2D eigenvalue weighted by atomic mass is 9.96. The van der Waals surface area contributed by atoms with Crippen molar-refractivity contribution in [3.8, 4) is 11.3 Å². The molecule has 2 N–H and O–H groups in total. The minimum atomic E-state index is -0.261. The minimum Gasteiger partial charge on any atom is -0.355 e. The first-order valence-corrected chi connectivity index (χ1v) is 15.0. The molecule has 6 rings (SSSR count). The molecule has 2 aliphatic rings. The highest BCUT2D eigenvalue weighted by Gasteiger charge is 2.27.